The molecule has 2 aliphatic rings. The molecule has 1 N–H and O–H groups in total. The van der Waals surface area contributed by atoms with Crippen LogP contribution in [0.5, 0.6) is 0 Å². The first-order valence-corrected chi connectivity index (χ1v) is 11.6. The van der Waals surface area contributed by atoms with E-state index >= 15 is 0 Å². The zero-order valence-corrected chi connectivity index (χ0v) is 19.6. The smallest absolute Gasteiger partial charge is 0.322 e. The number of hydrogen-bond donors (Lipinski definition) is 1. The largest absolute Gasteiger partial charge is 0.330 e. The van der Waals surface area contributed by atoms with Gasteiger partial charge in [-0.1, -0.05) is 36.4 Å². The fourth-order valence-electron chi connectivity index (χ4n) is 5.56. The van der Waals surface area contributed by atoms with Gasteiger partial charge >= 0.3 is 6.03 Å². The molecule has 170 valence electrons. The molecule has 6 nitrogen and oxygen atoms in total. The third-order valence-electron chi connectivity index (χ3n) is 7.58. The first kappa shape index (κ1) is 21.6. The minimum Gasteiger partial charge on any atom is -0.330 e. The van der Waals surface area contributed by atoms with Crippen LogP contribution in [-0.4, -0.2) is 47.1 Å². The second-order valence-corrected chi connectivity index (χ2v) is 9.66. The molecule has 3 aromatic rings. The molecule has 1 spiro atoms. The molecule has 33 heavy (non-hydrogen) atoms. The van der Waals surface area contributed by atoms with Crippen LogP contribution in [0, 0.1) is 6.92 Å². The second kappa shape index (κ2) is 8.27. The number of nitrogens with one attached hydrogen (secondary N) is 1. The summed E-state index contributed by atoms with van der Waals surface area (Å²) in [4.78, 5) is 26.3. The van der Waals surface area contributed by atoms with Crippen molar-refractivity contribution in [3.63, 3.8) is 0 Å². The van der Waals surface area contributed by atoms with E-state index in [0.29, 0.717) is 6.54 Å². The van der Waals surface area contributed by atoms with Gasteiger partial charge in [-0.25, -0.2) is 4.79 Å². The van der Waals surface area contributed by atoms with Gasteiger partial charge in [0.1, 0.15) is 0 Å². The third kappa shape index (κ3) is 3.78. The first-order chi connectivity index (χ1) is 15.9. The van der Waals surface area contributed by atoms with E-state index in [-0.39, 0.29) is 17.1 Å². The van der Waals surface area contributed by atoms with Gasteiger partial charge in [0, 0.05) is 11.7 Å². The molecule has 0 bridgehead atoms. The highest BCUT2D eigenvalue weighted by Crippen LogP contribution is 2.46. The summed E-state index contributed by atoms with van der Waals surface area (Å²) in [6.07, 6.45) is 7.49. The van der Waals surface area contributed by atoms with Crippen LogP contribution in [0.1, 0.15) is 36.8 Å². The molecule has 1 aromatic carbocycles. The predicted octanol–water partition coefficient (Wildman–Crippen LogP) is 4.75. The van der Waals surface area contributed by atoms with Gasteiger partial charge in [-0.2, -0.15) is 0 Å². The topological polar surface area (TPSA) is 61.4 Å². The first-order valence-electron chi connectivity index (χ1n) is 11.6. The van der Waals surface area contributed by atoms with Crippen LogP contribution >= 0.6 is 0 Å². The summed E-state index contributed by atoms with van der Waals surface area (Å²) in [6, 6.07) is 18.6. The number of carbonyl (C=O) groups is 1. The summed E-state index contributed by atoms with van der Waals surface area (Å²) in [6.45, 7) is 2.71. The summed E-state index contributed by atoms with van der Waals surface area (Å²) in [5.41, 5.74) is 4.72. The molecule has 0 radical (unpaired) electrons. The van der Waals surface area contributed by atoms with Crippen LogP contribution in [0.4, 0.5) is 10.5 Å². The average molecular weight is 442 g/mol. The number of aryl methyl sites for hydroxylation is 1. The van der Waals surface area contributed by atoms with Crippen LogP contribution in [0.2, 0.25) is 0 Å². The highest BCUT2D eigenvalue weighted by Gasteiger charge is 2.50. The van der Waals surface area contributed by atoms with Crippen molar-refractivity contribution < 1.29 is 4.79 Å². The lowest BCUT2D eigenvalue weighted by molar-refractivity contribution is 0.0658. The van der Waals surface area contributed by atoms with Gasteiger partial charge in [-0.15, -0.1) is 0 Å². The second-order valence-electron chi connectivity index (χ2n) is 9.66. The molecular weight excluding hydrogens is 410 g/mol. The number of aromatic nitrogens is 2. The highest BCUT2D eigenvalue weighted by molar-refractivity contribution is 5.96. The maximum absolute atomic E-state index is 13.1. The average Bonchev–Trinajstić information content (AvgIpc) is 3.16. The fraction of sp³-hybridized carbons (Fsp3) is 0.370. The molecule has 5 rings (SSSR count). The Kier molecular flexibility index (Phi) is 5.41. The van der Waals surface area contributed by atoms with Crippen molar-refractivity contribution in [3.05, 3.63) is 78.1 Å². The molecule has 1 saturated heterocycles. The van der Waals surface area contributed by atoms with Gasteiger partial charge in [-0.05, 0) is 76.0 Å². The zero-order valence-electron chi connectivity index (χ0n) is 19.6. The van der Waals surface area contributed by atoms with Crippen molar-refractivity contribution >= 4 is 11.7 Å². The number of rotatable bonds is 4. The molecular formula is C27H31N5O. The van der Waals surface area contributed by atoms with E-state index in [4.69, 9.17) is 0 Å². The standard InChI is InChI=1S/C27H31N5O/c1-20-17-23(22-11-7-8-16-28-22)29-18-24(20)32-19-26(30-25(32)33)12-14-27(15-13-26,31(2)3)21-9-5-4-6-10-21/h4-11,16-18H,12-15,19H2,1-3H3,(H,30,33)/t26-,27+. The maximum atomic E-state index is 13.1. The summed E-state index contributed by atoms with van der Waals surface area (Å²) < 4.78 is 0. The predicted molar refractivity (Wildman–Crippen MR) is 131 cm³/mol. The van der Waals surface area contributed by atoms with Crippen LogP contribution in [0.3, 0.4) is 0 Å². The van der Waals surface area contributed by atoms with Crippen molar-refractivity contribution in [2.45, 2.75) is 43.7 Å². The van der Waals surface area contributed by atoms with Gasteiger partial charge < -0.3 is 5.32 Å². The van der Waals surface area contributed by atoms with E-state index < -0.39 is 0 Å². The minimum atomic E-state index is -0.197. The number of urea groups is 1. The number of pyridine rings is 2. The number of hydrogen-bond acceptors (Lipinski definition) is 4. The van der Waals surface area contributed by atoms with Crippen LogP contribution < -0.4 is 10.2 Å². The van der Waals surface area contributed by atoms with E-state index in [1.54, 1.807) is 6.20 Å². The Hall–Kier alpha value is -3.25. The molecule has 0 atom stereocenters. The molecule has 6 heteroatoms. The summed E-state index contributed by atoms with van der Waals surface area (Å²) in [5, 5.41) is 3.35. The molecule has 2 fully saturated rings. The van der Waals surface area contributed by atoms with Crippen molar-refractivity contribution in [2.24, 2.45) is 0 Å². The Labute approximate surface area is 195 Å². The van der Waals surface area contributed by atoms with Crippen molar-refractivity contribution in [1.82, 2.24) is 20.2 Å². The summed E-state index contributed by atoms with van der Waals surface area (Å²) >= 11 is 0. The third-order valence-corrected chi connectivity index (χ3v) is 7.58. The summed E-state index contributed by atoms with van der Waals surface area (Å²) in [7, 11) is 4.34. The summed E-state index contributed by atoms with van der Waals surface area (Å²) in [5.74, 6) is 0. The normalized spacial score (nSPS) is 25.0. The quantitative estimate of drug-likeness (QED) is 0.635. The Bertz CT molecular complexity index is 1140. The molecule has 1 aliphatic heterocycles. The lowest BCUT2D eigenvalue weighted by atomic mass is 9.69. The number of anilines is 1. The monoisotopic (exact) mass is 441 g/mol. The lowest BCUT2D eigenvalue weighted by Gasteiger charge is -2.48. The van der Waals surface area contributed by atoms with Gasteiger partial charge in [0.05, 0.1) is 35.4 Å². The number of carbonyl (C=O) groups excluding carboxylic acids is 1. The Morgan fingerprint density at radius 1 is 0.939 bits per heavy atom. The Morgan fingerprint density at radius 3 is 2.30 bits per heavy atom. The minimum absolute atomic E-state index is 0.00641. The van der Waals surface area contributed by atoms with Crippen LogP contribution in [-0.2, 0) is 5.54 Å². The maximum Gasteiger partial charge on any atom is 0.322 e. The van der Waals surface area contributed by atoms with E-state index in [2.05, 4.69) is 64.6 Å². The SMILES string of the molecule is Cc1cc(-c2ccccn2)ncc1N1C[C@]2(CC[C@](c3ccccc3)(N(C)C)CC2)NC1=O. The number of amides is 2. The molecule has 1 saturated carbocycles. The Balaban J connectivity index is 1.36. The van der Waals surface area contributed by atoms with E-state index in [1.807, 2.05) is 42.3 Å². The van der Waals surface area contributed by atoms with Gasteiger partial charge in [0.2, 0.25) is 0 Å². The number of benzene rings is 1. The zero-order chi connectivity index (χ0) is 23.1. The van der Waals surface area contributed by atoms with E-state index in [1.165, 1.54) is 5.56 Å². The number of nitrogens with zero attached hydrogens (tertiary/aromatic N) is 4. The van der Waals surface area contributed by atoms with E-state index in [9.17, 15) is 4.79 Å². The molecule has 3 heterocycles. The van der Waals surface area contributed by atoms with Gasteiger partial charge in [0.25, 0.3) is 0 Å². The van der Waals surface area contributed by atoms with Gasteiger partial charge in [0.15, 0.2) is 0 Å². The lowest BCUT2D eigenvalue weighted by Crippen LogP contribution is -2.54. The molecule has 0 unspecified atom stereocenters. The molecule has 2 amide bonds. The van der Waals surface area contributed by atoms with Crippen molar-refractivity contribution in [3.8, 4) is 11.4 Å². The van der Waals surface area contributed by atoms with Gasteiger partial charge in [-0.3, -0.25) is 19.8 Å². The fourth-order valence-corrected chi connectivity index (χ4v) is 5.56. The van der Waals surface area contributed by atoms with Crippen molar-refractivity contribution in [1.29, 1.82) is 0 Å². The van der Waals surface area contributed by atoms with Crippen molar-refractivity contribution in [2.75, 3.05) is 25.5 Å². The van der Waals surface area contributed by atoms with Crippen LogP contribution in [0.25, 0.3) is 11.4 Å². The Morgan fingerprint density at radius 2 is 1.67 bits per heavy atom. The van der Waals surface area contributed by atoms with E-state index in [0.717, 1.165) is 48.3 Å². The molecule has 1 aliphatic carbocycles. The van der Waals surface area contributed by atoms with Crippen LogP contribution in [0.15, 0.2) is 67.0 Å². The highest BCUT2D eigenvalue weighted by atomic mass is 16.2. The molecule has 2 aromatic heterocycles.